The summed E-state index contributed by atoms with van der Waals surface area (Å²) < 4.78 is 15.5. The molecule has 0 saturated heterocycles. The van der Waals surface area contributed by atoms with Crippen molar-refractivity contribution >= 4 is 11.0 Å². The van der Waals surface area contributed by atoms with Gasteiger partial charge < -0.3 is 5.11 Å². The fourth-order valence-electron chi connectivity index (χ4n) is 2.56. The molecule has 21 heavy (non-hydrogen) atoms. The molecule has 1 N–H and O–H groups in total. The van der Waals surface area contributed by atoms with Gasteiger partial charge in [0.05, 0.1) is 11.0 Å². The van der Waals surface area contributed by atoms with Gasteiger partial charge in [0.25, 0.3) is 0 Å². The van der Waals surface area contributed by atoms with Crippen molar-refractivity contribution in [1.82, 2.24) is 9.55 Å². The Morgan fingerprint density at radius 2 is 1.90 bits per heavy atom. The van der Waals surface area contributed by atoms with Gasteiger partial charge >= 0.3 is 0 Å². The Balaban J connectivity index is 2.15. The third kappa shape index (κ3) is 2.54. The summed E-state index contributed by atoms with van der Waals surface area (Å²) >= 11 is 0. The zero-order valence-electron chi connectivity index (χ0n) is 11.9. The predicted molar refractivity (Wildman–Crippen MR) is 81.2 cm³/mol. The van der Waals surface area contributed by atoms with E-state index in [1.54, 1.807) is 6.07 Å². The third-order valence-electron chi connectivity index (χ3n) is 3.60. The first-order valence-electron chi connectivity index (χ1n) is 7.10. The smallest absolute Gasteiger partial charge is 0.125 e. The van der Waals surface area contributed by atoms with Crippen molar-refractivity contribution in [3.8, 4) is 5.69 Å². The number of imidazole rings is 1. The van der Waals surface area contributed by atoms with E-state index in [2.05, 4.69) is 4.98 Å². The molecule has 3 rings (SSSR count). The Kier molecular flexibility index (Phi) is 3.71. The summed E-state index contributed by atoms with van der Waals surface area (Å²) in [6, 6.07) is 12.6. The summed E-state index contributed by atoms with van der Waals surface area (Å²) in [6.45, 7) is 2.17. The molecule has 1 aromatic heterocycles. The van der Waals surface area contributed by atoms with Gasteiger partial charge in [-0.3, -0.25) is 4.57 Å². The van der Waals surface area contributed by atoms with Crippen LogP contribution in [0, 0.1) is 5.82 Å². The fraction of sp³-hybridized carbons (Fsp3) is 0.235. The molecule has 4 heteroatoms. The quantitative estimate of drug-likeness (QED) is 0.798. The maximum Gasteiger partial charge on any atom is 0.125 e. The molecular weight excluding hydrogens is 267 g/mol. The number of rotatable bonds is 4. The normalized spacial score (nSPS) is 11.2. The fourth-order valence-corrected chi connectivity index (χ4v) is 2.56. The number of nitrogens with zero attached hydrogens (tertiary/aromatic N) is 2. The average molecular weight is 284 g/mol. The van der Waals surface area contributed by atoms with E-state index in [1.807, 2.05) is 35.8 Å². The van der Waals surface area contributed by atoms with Crippen LogP contribution in [0.2, 0.25) is 0 Å². The van der Waals surface area contributed by atoms with E-state index < -0.39 is 0 Å². The zero-order valence-corrected chi connectivity index (χ0v) is 11.9. The Hall–Kier alpha value is -2.20. The van der Waals surface area contributed by atoms with Crippen LogP contribution in [0.3, 0.4) is 0 Å². The molecule has 2 aromatic carbocycles. The van der Waals surface area contributed by atoms with Crippen molar-refractivity contribution in [2.45, 2.75) is 19.8 Å². The number of benzene rings is 2. The summed E-state index contributed by atoms with van der Waals surface area (Å²) in [6.07, 6.45) is 1.41. The summed E-state index contributed by atoms with van der Waals surface area (Å²) in [7, 11) is 0. The van der Waals surface area contributed by atoms with E-state index in [-0.39, 0.29) is 12.4 Å². The second-order valence-electron chi connectivity index (χ2n) is 4.99. The van der Waals surface area contributed by atoms with Crippen molar-refractivity contribution in [2.24, 2.45) is 0 Å². The monoisotopic (exact) mass is 284 g/mol. The van der Waals surface area contributed by atoms with Gasteiger partial charge in [-0.2, -0.15) is 0 Å². The van der Waals surface area contributed by atoms with Crippen molar-refractivity contribution in [3.63, 3.8) is 0 Å². The number of hydrogen-bond acceptors (Lipinski definition) is 2. The highest BCUT2D eigenvalue weighted by molar-refractivity contribution is 5.78. The molecule has 0 aliphatic carbocycles. The van der Waals surface area contributed by atoms with E-state index >= 15 is 0 Å². The van der Waals surface area contributed by atoms with Crippen LogP contribution in [0.4, 0.5) is 4.39 Å². The number of fused-ring (bicyclic) bond motifs is 1. The minimum atomic E-state index is -0.261. The number of aliphatic hydroxyl groups excluding tert-OH is 1. The first kappa shape index (κ1) is 13.8. The van der Waals surface area contributed by atoms with Crippen molar-refractivity contribution in [2.75, 3.05) is 6.61 Å². The molecule has 0 unspecified atom stereocenters. The lowest BCUT2D eigenvalue weighted by atomic mass is 10.1. The molecule has 0 aliphatic heterocycles. The first-order valence-corrected chi connectivity index (χ1v) is 7.10. The number of aryl methyl sites for hydroxylation is 1. The van der Waals surface area contributed by atoms with Gasteiger partial charge in [0.2, 0.25) is 0 Å². The summed E-state index contributed by atoms with van der Waals surface area (Å²) in [5, 5.41) is 8.97. The summed E-state index contributed by atoms with van der Waals surface area (Å²) in [5.74, 6) is 0.647. The molecule has 108 valence electrons. The summed E-state index contributed by atoms with van der Waals surface area (Å²) in [4.78, 5) is 4.56. The topological polar surface area (TPSA) is 38.0 Å². The lowest BCUT2D eigenvalue weighted by molar-refractivity contribution is 0.299. The number of halogens is 1. The highest BCUT2D eigenvalue weighted by atomic mass is 19.1. The molecule has 0 bridgehead atoms. The largest absolute Gasteiger partial charge is 0.396 e. The summed E-state index contributed by atoms with van der Waals surface area (Å²) in [5.41, 5.74) is 3.62. The molecule has 0 fully saturated rings. The van der Waals surface area contributed by atoms with Gasteiger partial charge in [0.15, 0.2) is 0 Å². The predicted octanol–water partition coefficient (Wildman–Crippen LogP) is 3.26. The number of hydrogen-bond donors (Lipinski definition) is 1. The van der Waals surface area contributed by atoms with Gasteiger partial charge in [-0.15, -0.1) is 0 Å². The van der Waals surface area contributed by atoms with Crippen LogP contribution in [0.25, 0.3) is 16.7 Å². The standard InChI is InChI=1S/C17H17FN2O/c1-2-17-19-15-8-5-13(18)11-16(15)20(17)14-6-3-12(4-7-14)9-10-21/h3-8,11,21H,2,9-10H2,1H3. The van der Waals surface area contributed by atoms with Crippen molar-refractivity contribution < 1.29 is 9.50 Å². The first-order chi connectivity index (χ1) is 10.2. The molecular formula is C17H17FN2O. The minimum Gasteiger partial charge on any atom is -0.396 e. The highest BCUT2D eigenvalue weighted by Gasteiger charge is 2.11. The molecule has 0 atom stereocenters. The molecule has 3 nitrogen and oxygen atoms in total. The van der Waals surface area contributed by atoms with Crippen LogP contribution in [-0.4, -0.2) is 21.3 Å². The van der Waals surface area contributed by atoms with Gasteiger partial charge in [-0.1, -0.05) is 19.1 Å². The molecule has 3 aromatic rings. The van der Waals surface area contributed by atoms with Crippen molar-refractivity contribution in [1.29, 1.82) is 0 Å². The van der Waals surface area contributed by atoms with E-state index in [1.165, 1.54) is 12.1 Å². The SMILES string of the molecule is CCc1nc2ccc(F)cc2n1-c1ccc(CCO)cc1. The van der Waals surface area contributed by atoms with Crippen molar-refractivity contribution in [3.05, 3.63) is 59.7 Å². The third-order valence-corrected chi connectivity index (χ3v) is 3.60. The lowest BCUT2D eigenvalue weighted by Gasteiger charge is -2.09. The maximum absolute atomic E-state index is 13.5. The Labute approximate surface area is 122 Å². The molecule has 0 spiro atoms. The van der Waals surface area contributed by atoms with E-state index in [0.29, 0.717) is 6.42 Å². The van der Waals surface area contributed by atoms with Crippen LogP contribution in [0.15, 0.2) is 42.5 Å². The van der Waals surface area contributed by atoms with Gasteiger partial charge in [0.1, 0.15) is 11.6 Å². The van der Waals surface area contributed by atoms with Gasteiger partial charge in [0, 0.05) is 24.8 Å². The second-order valence-corrected chi connectivity index (χ2v) is 4.99. The average Bonchev–Trinajstić information content (AvgIpc) is 2.86. The second kappa shape index (κ2) is 5.66. The van der Waals surface area contributed by atoms with Crippen LogP contribution >= 0.6 is 0 Å². The Bertz CT molecular complexity index is 762. The van der Waals surface area contributed by atoms with E-state index in [0.717, 1.165) is 34.5 Å². The Morgan fingerprint density at radius 3 is 2.57 bits per heavy atom. The van der Waals surface area contributed by atoms with E-state index in [9.17, 15) is 4.39 Å². The molecule has 0 amide bonds. The minimum absolute atomic E-state index is 0.138. The number of aromatic nitrogens is 2. The molecule has 1 heterocycles. The zero-order chi connectivity index (χ0) is 14.8. The molecule has 0 radical (unpaired) electrons. The lowest BCUT2D eigenvalue weighted by Crippen LogP contribution is -2.00. The van der Waals surface area contributed by atoms with Gasteiger partial charge in [-0.05, 0) is 36.2 Å². The Morgan fingerprint density at radius 1 is 1.14 bits per heavy atom. The van der Waals surface area contributed by atoms with Crippen LogP contribution in [0.5, 0.6) is 0 Å². The maximum atomic E-state index is 13.5. The van der Waals surface area contributed by atoms with Gasteiger partial charge in [-0.25, -0.2) is 9.37 Å². The van der Waals surface area contributed by atoms with Crippen LogP contribution in [-0.2, 0) is 12.8 Å². The molecule has 0 aliphatic rings. The molecule has 0 saturated carbocycles. The van der Waals surface area contributed by atoms with Crippen LogP contribution < -0.4 is 0 Å². The van der Waals surface area contributed by atoms with Crippen LogP contribution in [0.1, 0.15) is 18.3 Å². The van der Waals surface area contributed by atoms with E-state index in [4.69, 9.17) is 5.11 Å². The number of aliphatic hydroxyl groups is 1. The highest BCUT2D eigenvalue weighted by Crippen LogP contribution is 2.23.